The average molecular weight is 212 g/mol. The molecule has 2 nitrogen and oxygen atoms in total. The summed E-state index contributed by atoms with van der Waals surface area (Å²) in [6.07, 6.45) is 8.58. The van der Waals surface area contributed by atoms with E-state index in [1.54, 1.807) is 0 Å². The van der Waals surface area contributed by atoms with Gasteiger partial charge in [0.05, 0.1) is 0 Å². The molecule has 0 amide bonds. The van der Waals surface area contributed by atoms with Gasteiger partial charge in [-0.1, -0.05) is 19.8 Å². The van der Waals surface area contributed by atoms with Crippen LogP contribution >= 0.6 is 0 Å². The van der Waals surface area contributed by atoms with E-state index in [9.17, 15) is 0 Å². The van der Waals surface area contributed by atoms with Crippen molar-refractivity contribution < 1.29 is 0 Å². The quantitative estimate of drug-likeness (QED) is 0.728. The van der Waals surface area contributed by atoms with Crippen LogP contribution in [-0.2, 0) is 0 Å². The zero-order chi connectivity index (χ0) is 11.1. The number of hydrogen-bond donors (Lipinski definition) is 1. The summed E-state index contributed by atoms with van der Waals surface area (Å²) < 4.78 is 0. The van der Waals surface area contributed by atoms with E-state index in [1.165, 1.54) is 45.1 Å². The summed E-state index contributed by atoms with van der Waals surface area (Å²) >= 11 is 0. The number of rotatable bonds is 6. The van der Waals surface area contributed by atoms with Crippen molar-refractivity contribution in [1.29, 1.82) is 0 Å². The fourth-order valence-corrected chi connectivity index (χ4v) is 2.75. The first-order valence-electron chi connectivity index (χ1n) is 6.62. The van der Waals surface area contributed by atoms with Crippen LogP contribution in [-0.4, -0.2) is 38.1 Å². The first-order chi connectivity index (χ1) is 7.27. The van der Waals surface area contributed by atoms with Gasteiger partial charge < -0.3 is 10.2 Å². The topological polar surface area (TPSA) is 15.3 Å². The molecule has 0 saturated heterocycles. The molecule has 0 aromatic rings. The molecule has 0 atom stereocenters. The van der Waals surface area contributed by atoms with Gasteiger partial charge in [-0.15, -0.1) is 0 Å². The summed E-state index contributed by atoms with van der Waals surface area (Å²) in [5.41, 5.74) is 0. The minimum atomic E-state index is 0.853. The molecule has 1 rings (SSSR count). The van der Waals surface area contributed by atoms with E-state index in [0.29, 0.717) is 0 Å². The molecule has 0 aliphatic heterocycles. The molecule has 1 aliphatic carbocycles. The molecule has 0 unspecified atom stereocenters. The Kier molecular flexibility index (Phi) is 6.26. The van der Waals surface area contributed by atoms with E-state index < -0.39 is 0 Å². The molecule has 0 radical (unpaired) electrons. The van der Waals surface area contributed by atoms with Crippen molar-refractivity contribution in [3.8, 4) is 0 Å². The lowest BCUT2D eigenvalue weighted by Crippen LogP contribution is -2.38. The Labute approximate surface area is 95.4 Å². The van der Waals surface area contributed by atoms with Crippen LogP contribution in [0.5, 0.6) is 0 Å². The molecule has 0 bridgehead atoms. The summed E-state index contributed by atoms with van der Waals surface area (Å²) in [6.45, 7) is 4.62. The van der Waals surface area contributed by atoms with Gasteiger partial charge in [-0.25, -0.2) is 0 Å². The molecule has 2 heteroatoms. The first kappa shape index (κ1) is 13.0. The highest BCUT2D eigenvalue weighted by Crippen LogP contribution is 2.29. The summed E-state index contributed by atoms with van der Waals surface area (Å²) in [5.74, 6) is 1.03. The number of hydrogen-bond acceptors (Lipinski definition) is 2. The van der Waals surface area contributed by atoms with Crippen molar-refractivity contribution in [2.45, 2.75) is 51.5 Å². The Hall–Kier alpha value is -0.0800. The van der Waals surface area contributed by atoms with Gasteiger partial charge >= 0.3 is 0 Å². The minimum absolute atomic E-state index is 0.853. The largest absolute Gasteiger partial charge is 0.318 e. The van der Waals surface area contributed by atoms with Crippen LogP contribution in [0.3, 0.4) is 0 Å². The number of nitrogens with one attached hydrogen (secondary N) is 1. The van der Waals surface area contributed by atoms with Gasteiger partial charge in [-0.2, -0.15) is 0 Å². The van der Waals surface area contributed by atoms with Crippen molar-refractivity contribution in [3.05, 3.63) is 0 Å². The molecule has 0 aromatic heterocycles. The maximum atomic E-state index is 3.23. The van der Waals surface area contributed by atoms with Crippen LogP contribution in [0.25, 0.3) is 0 Å². The fourth-order valence-electron chi connectivity index (χ4n) is 2.75. The van der Waals surface area contributed by atoms with Crippen LogP contribution in [0.4, 0.5) is 0 Å². The maximum Gasteiger partial charge on any atom is 0.0107 e. The first-order valence-corrected chi connectivity index (χ1v) is 6.62. The number of nitrogens with zero attached hydrogens (tertiary/aromatic N) is 1. The lowest BCUT2D eigenvalue weighted by Gasteiger charge is -2.34. The molecule has 1 saturated carbocycles. The van der Waals surface area contributed by atoms with Gasteiger partial charge in [0.1, 0.15) is 0 Å². The van der Waals surface area contributed by atoms with Crippen molar-refractivity contribution in [1.82, 2.24) is 10.2 Å². The minimum Gasteiger partial charge on any atom is -0.318 e. The van der Waals surface area contributed by atoms with Crippen molar-refractivity contribution >= 4 is 0 Å². The molecule has 15 heavy (non-hydrogen) atoms. The molecular formula is C13H28N2. The monoisotopic (exact) mass is 212 g/mol. The zero-order valence-electron chi connectivity index (χ0n) is 10.8. The van der Waals surface area contributed by atoms with Gasteiger partial charge in [0.15, 0.2) is 0 Å². The van der Waals surface area contributed by atoms with Crippen LogP contribution in [0.1, 0.15) is 45.4 Å². The van der Waals surface area contributed by atoms with Crippen molar-refractivity contribution in [2.24, 2.45) is 5.92 Å². The molecular weight excluding hydrogens is 184 g/mol. The van der Waals surface area contributed by atoms with Gasteiger partial charge in [0, 0.05) is 19.1 Å². The Morgan fingerprint density at radius 1 is 1.20 bits per heavy atom. The van der Waals surface area contributed by atoms with E-state index in [4.69, 9.17) is 0 Å². The summed E-state index contributed by atoms with van der Waals surface area (Å²) in [7, 11) is 4.31. The van der Waals surface area contributed by atoms with E-state index in [-0.39, 0.29) is 0 Å². The molecule has 0 heterocycles. The van der Waals surface area contributed by atoms with Crippen LogP contribution in [0.15, 0.2) is 0 Å². The second kappa shape index (κ2) is 7.24. The highest BCUT2D eigenvalue weighted by Gasteiger charge is 2.22. The third kappa shape index (κ3) is 4.52. The summed E-state index contributed by atoms with van der Waals surface area (Å²) in [6, 6.07) is 0.853. The predicted octanol–water partition coefficient (Wildman–Crippen LogP) is 2.50. The molecule has 90 valence electrons. The lowest BCUT2D eigenvalue weighted by molar-refractivity contribution is 0.163. The van der Waals surface area contributed by atoms with Crippen molar-refractivity contribution in [2.75, 3.05) is 27.2 Å². The van der Waals surface area contributed by atoms with E-state index in [0.717, 1.165) is 18.5 Å². The SMILES string of the molecule is CCCC1CCC(N(C)CCNC)CC1. The van der Waals surface area contributed by atoms with E-state index in [2.05, 4.69) is 24.2 Å². The second-order valence-electron chi connectivity index (χ2n) is 5.05. The Morgan fingerprint density at radius 2 is 1.87 bits per heavy atom. The maximum absolute atomic E-state index is 3.23. The normalized spacial score (nSPS) is 27.2. The van der Waals surface area contributed by atoms with E-state index in [1.807, 2.05) is 7.05 Å². The highest BCUT2D eigenvalue weighted by atomic mass is 15.1. The van der Waals surface area contributed by atoms with Crippen LogP contribution in [0, 0.1) is 5.92 Å². The molecule has 1 aliphatic rings. The van der Waals surface area contributed by atoms with Crippen LogP contribution < -0.4 is 5.32 Å². The second-order valence-corrected chi connectivity index (χ2v) is 5.05. The van der Waals surface area contributed by atoms with Gasteiger partial charge in [-0.05, 0) is 45.7 Å². The van der Waals surface area contributed by atoms with Gasteiger partial charge in [0.2, 0.25) is 0 Å². The Bertz CT molecular complexity index is 151. The third-order valence-electron chi connectivity index (χ3n) is 3.85. The van der Waals surface area contributed by atoms with Crippen molar-refractivity contribution in [3.63, 3.8) is 0 Å². The van der Waals surface area contributed by atoms with Gasteiger partial charge in [0.25, 0.3) is 0 Å². The summed E-state index contributed by atoms with van der Waals surface area (Å²) in [5, 5.41) is 3.23. The fraction of sp³-hybridized carbons (Fsp3) is 1.00. The number of likely N-dealkylation sites (N-methyl/N-ethyl adjacent to an activating group) is 2. The molecule has 1 N–H and O–H groups in total. The standard InChI is InChI=1S/C13H28N2/c1-4-5-12-6-8-13(9-7-12)15(3)11-10-14-2/h12-14H,4-11H2,1-3H3. The molecule has 0 spiro atoms. The molecule has 0 aromatic carbocycles. The zero-order valence-corrected chi connectivity index (χ0v) is 10.8. The predicted molar refractivity (Wildman–Crippen MR) is 67.2 cm³/mol. The van der Waals surface area contributed by atoms with Gasteiger partial charge in [-0.3, -0.25) is 0 Å². The Morgan fingerprint density at radius 3 is 2.40 bits per heavy atom. The lowest BCUT2D eigenvalue weighted by atomic mass is 9.83. The van der Waals surface area contributed by atoms with Crippen LogP contribution in [0.2, 0.25) is 0 Å². The third-order valence-corrected chi connectivity index (χ3v) is 3.85. The summed E-state index contributed by atoms with van der Waals surface area (Å²) in [4.78, 5) is 2.54. The highest BCUT2D eigenvalue weighted by molar-refractivity contribution is 4.78. The Balaban J connectivity index is 2.18. The molecule has 1 fully saturated rings. The smallest absolute Gasteiger partial charge is 0.0107 e. The average Bonchev–Trinajstić information content (AvgIpc) is 2.27. The van der Waals surface area contributed by atoms with E-state index >= 15 is 0 Å².